The molecule has 1 atom stereocenters. The van der Waals surface area contributed by atoms with Crippen LogP contribution < -0.4 is 5.73 Å². The molecule has 0 fully saturated rings. The van der Waals surface area contributed by atoms with Crippen molar-refractivity contribution in [3.63, 3.8) is 0 Å². The number of ketones is 1. The molecule has 0 saturated carbocycles. The maximum Gasteiger partial charge on any atom is 0.141 e. The molecule has 1 rings (SSSR count). The Morgan fingerprint density at radius 1 is 1.45 bits per heavy atom. The van der Waals surface area contributed by atoms with Gasteiger partial charge in [0.05, 0.1) is 10.7 Å². The zero-order valence-electron chi connectivity index (χ0n) is 12.2. The van der Waals surface area contributed by atoms with Crippen molar-refractivity contribution in [3.05, 3.63) is 40.8 Å². The van der Waals surface area contributed by atoms with Gasteiger partial charge < -0.3 is 5.73 Å². The summed E-state index contributed by atoms with van der Waals surface area (Å²) in [6.07, 6.45) is 2.82. The molecule has 0 heterocycles. The van der Waals surface area contributed by atoms with Gasteiger partial charge in [-0.1, -0.05) is 32.4 Å². The summed E-state index contributed by atoms with van der Waals surface area (Å²) in [6.45, 7) is 7.22. The topological polar surface area (TPSA) is 55.5 Å². The first-order chi connectivity index (χ1) is 9.45. The Kier molecular flexibility index (Phi) is 8.48. The highest BCUT2D eigenvalue weighted by atomic mass is 35.5. The average molecular weight is 299 g/mol. The van der Waals surface area contributed by atoms with Crippen molar-refractivity contribution < 1.29 is 9.18 Å². The van der Waals surface area contributed by atoms with Crippen LogP contribution in [0.15, 0.2) is 35.0 Å². The van der Waals surface area contributed by atoms with E-state index in [1.54, 1.807) is 6.92 Å². The minimum absolute atomic E-state index is 0.00236. The Morgan fingerprint density at radius 2 is 2.05 bits per heavy atom. The first-order valence-corrected chi connectivity index (χ1v) is 6.75. The van der Waals surface area contributed by atoms with Crippen LogP contribution in [0.3, 0.4) is 0 Å². The van der Waals surface area contributed by atoms with E-state index in [2.05, 4.69) is 4.99 Å². The molecule has 5 heteroatoms. The molecule has 1 aromatic rings. The van der Waals surface area contributed by atoms with Gasteiger partial charge >= 0.3 is 0 Å². The summed E-state index contributed by atoms with van der Waals surface area (Å²) in [5.41, 5.74) is 6.53. The molecule has 20 heavy (non-hydrogen) atoms. The van der Waals surface area contributed by atoms with E-state index in [4.69, 9.17) is 17.3 Å². The summed E-state index contributed by atoms with van der Waals surface area (Å²) in [4.78, 5) is 15.3. The fraction of sp³-hybridized carbons (Fsp3) is 0.333. The van der Waals surface area contributed by atoms with Gasteiger partial charge in [0.2, 0.25) is 0 Å². The third-order valence-electron chi connectivity index (χ3n) is 2.57. The molecular formula is C15H20ClFN2O. The second-order valence-corrected chi connectivity index (χ2v) is 4.26. The zero-order chi connectivity index (χ0) is 15.7. The molecule has 1 aromatic carbocycles. The number of halogens is 2. The number of benzene rings is 1. The van der Waals surface area contributed by atoms with Crippen LogP contribution in [-0.4, -0.2) is 12.0 Å². The minimum atomic E-state index is -0.498. The molecule has 0 amide bonds. The smallest absolute Gasteiger partial charge is 0.141 e. The third-order valence-corrected chi connectivity index (χ3v) is 2.86. The summed E-state index contributed by atoms with van der Waals surface area (Å²) in [5.74, 6) is -0.827. The first-order valence-electron chi connectivity index (χ1n) is 6.37. The lowest BCUT2D eigenvalue weighted by Crippen LogP contribution is -2.11. The number of carbonyl (C=O) groups is 1. The molecule has 0 aliphatic carbocycles. The molecule has 0 aliphatic rings. The molecule has 0 aliphatic heterocycles. The van der Waals surface area contributed by atoms with Gasteiger partial charge in [-0.25, -0.2) is 4.39 Å². The van der Waals surface area contributed by atoms with Crippen LogP contribution in [0.4, 0.5) is 10.1 Å². The van der Waals surface area contributed by atoms with Crippen molar-refractivity contribution >= 4 is 29.3 Å². The van der Waals surface area contributed by atoms with Crippen LogP contribution in [0.2, 0.25) is 5.02 Å². The van der Waals surface area contributed by atoms with E-state index in [1.807, 2.05) is 13.8 Å². The van der Waals surface area contributed by atoms with Crippen LogP contribution >= 0.6 is 11.6 Å². The predicted molar refractivity (Wildman–Crippen MR) is 83.0 cm³/mol. The largest absolute Gasteiger partial charge is 0.404 e. The van der Waals surface area contributed by atoms with E-state index >= 15 is 0 Å². The van der Waals surface area contributed by atoms with Crippen molar-refractivity contribution in [2.75, 3.05) is 0 Å². The standard InChI is InChI=1S/C13H14ClFN2O.C2H6/c1-8(9(2)18)10(6-16)7-17-11-3-4-13(15)12(14)5-11;1-2/h3-8H,16H2,1-2H3;1-2H3/b10-6+,17-7?;. The second kappa shape index (κ2) is 9.26. The number of Topliss-reactive ketones (excluding diaryl/α,β-unsaturated/α-hetero) is 1. The van der Waals surface area contributed by atoms with Gasteiger partial charge in [0, 0.05) is 12.1 Å². The number of carbonyl (C=O) groups excluding carboxylic acids is 1. The van der Waals surface area contributed by atoms with E-state index in [9.17, 15) is 9.18 Å². The fourth-order valence-corrected chi connectivity index (χ4v) is 1.42. The van der Waals surface area contributed by atoms with Gasteiger partial charge in [-0.05, 0) is 36.9 Å². The van der Waals surface area contributed by atoms with Crippen molar-refractivity contribution in [2.24, 2.45) is 16.6 Å². The molecule has 0 spiro atoms. The number of rotatable bonds is 4. The predicted octanol–water partition coefficient (Wildman–Crippen LogP) is 4.28. The van der Waals surface area contributed by atoms with Crippen LogP contribution in [-0.2, 0) is 4.79 Å². The van der Waals surface area contributed by atoms with Gasteiger partial charge in [-0.15, -0.1) is 0 Å². The van der Waals surface area contributed by atoms with Crippen LogP contribution in [0.5, 0.6) is 0 Å². The van der Waals surface area contributed by atoms with Crippen molar-refractivity contribution in [3.8, 4) is 0 Å². The maximum absolute atomic E-state index is 12.9. The Labute approximate surface area is 124 Å². The van der Waals surface area contributed by atoms with Gasteiger partial charge in [0.25, 0.3) is 0 Å². The first kappa shape index (κ1) is 18.3. The quantitative estimate of drug-likeness (QED) is 0.844. The second-order valence-electron chi connectivity index (χ2n) is 3.86. The highest BCUT2D eigenvalue weighted by Crippen LogP contribution is 2.21. The average Bonchev–Trinajstić information content (AvgIpc) is 2.45. The molecule has 2 N–H and O–H groups in total. The molecule has 0 radical (unpaired) electrons. The Bertz CT molecular complexity index is 513. The number of nitrogens with zero attached hydrogens (tertiary/aromatic N) is 1. The Balaban J connectivity index is 0.00000172. The summed E-state index contributed by atoms with van der Waals surface area (Å²) in [7, 11) is 0. The lowest BCUT2D eigenvalue weighted by molar-refractivity contribution is -0.119. The number of allylic oxidation sites excluding steroid dienone is 1. The van der Waals surface area contributed by atoms with Crippen LogP contribution in [0.1, 0.15) is 27.7 Å². The van der Waals surface area contributed by atoms with Crippen LogP contribution in [0.25, 0.3) is 0 Å². The number of aliphatic imine (C=N–C) groups is 1. The van der Waals surface area contributed by atoms with E-state index in [0.29, 0.717) is 11.3 Å². The van der Waals surface area contributed by atoms with E-state index in [0.717, 1.165) is 0 Å². The van der Waals surface area contributed by atoms with Gasteiger partial charge in [0.15, 0.2) is 0 Å². The lowest BCUT2D eigenvalue weighted by atomic mass is 9.99. The SMILES string of the molecule is CC.CC(=O)C(C)/C(C=Nc1ccc(F)c(Cl)c1)=C/N. The Morgan fingerprint density at radius 3 is 2.50 bits per heavy atom. The molecular weight excluding hydrogens is 279 g/mol. The van der Waals surface area contributed by atoms with Crippen molar-refractivity contribution in [1.82, 2.24) is 0 Å². The molecule has 0 bridgehead atoms. The zero-order valence-corrected chi connectivity index (χ0v) is 12.9. The van der Waals surface area contributed by atoms with Crippen molar-refractivity contribution in [2.45, 2.75) is 27.7 Å². The maximum atomic E-state index is 12.9. The van der Waals surface area contributed by atoms with E-state index in [1.165, 1.54) is 37.5 Å². The molecule has 0 saturated heterocycles. The van der Waals surface area contributed by atoms with E-state index < -0.39 is 5.82 Å². The lowest BCUT2D eigenvalue weighted by Gasteiger charge is -2.07. The summed E-state index contributed by atoms with van der Waals surface area (Å²) < 4.78 is 12.9. The molecule has 0 aromatic heterocycles. The summed E-state index contributed by atoms with van der Waals surface area (Å²) in [6, 6.07) is 4.12. The minimum Gasteiger partial charge on any atom is -0.404 e. The molecule has 1 unspecified atom stereocenters. The molecule has 3 nitrogen and oxygen atoms in total. The number of hydrogen-bond acceptors (Lipinski definition) is 3. The van der Waals surface area contributed by atoms with Gasteiger partial charge in [-0.2, -0.15) is 0 Å². The third kappa shape index (κ3) is 5.53. The van der Waals surface area contributed by atoms with Crippen molar-refractivity contribution in [1.29, 1.82) is 0 Å². The summed E-state index contributed by atoms with van der Waals surface area (Å²) >= 11 is 5.63. The van der Waals surface area contributed by atoms with Gasteiger partial charge in [0.1, 0.15) is 11.6 Å². The highest BCUT2D eigenvalue weighted by molar-refractivity contribution is 6.31. The van der Waals surface area contributed by atoms with Gasteiger partial charge in [-0.3, -0.25) is 9.79 Å². The monoisotopic (exact) mass is 298 g/mol. The normalized spacial score (nSPS) is 12.8. The molecule has 110 valence electrons. The highest BCUT2D eigenvalue weighted by Gasteiger charge is 2.11. The van der Waals surface area contributed by atoms with Crippen LogP contribution in [0, 0.1) is 11.7 Å². The Hall–Kier alpha value is -1.68. The summed E-state index contributed by atoms with van der Waals surface area (Å²) in [5, 5.41) is 0.00236. The van der Waals surface area contributed by atoms with E-state index in [-0.39, 0.29) is 16.7 Å². The fourth-order valence-electron chi connectivity index (χ4n) is 1.25. The number of hydrogen-bond donors (Lipinski definition) is 1. The number of nitrogens with two attached hydrogens (primary N) is 1.